The summed E-state index contributed by atoms with van der Waals surface area (Å²) in [5, 5.41) is 2.59. The molecule has 0 bridgehead atoms. The van der Waals surface area contributed by atoms with Gasteiger partial charge in [0.2, 0.25) is 11.8 Å². The number of likely N-dealkylation sites (tertiary alicyclic amines) is 1. The predicted octanol–water partition coefficient (Wildman–Crippen LogP) is 3.25. The molecule has 1 fully saturated rings. The van der Waals surface area contributed by atoms with Gasteiger partial charge in [0.25, 0.3) is 0 Å². The second kappa shape index (κ2) is 9.77. The topological polar surface area (TPSA) is 61.9 Å². The van der Waals surface area contributed by atoms with E-state index in [0.29, 0.717) is 5.69 Å². The molecule has 1 aliphatic rings. The summed E-state index contributed by atoms with van der Waals surface area (Å²) in [7, 11) is 1.68. The minimum atomic E-state index is -4.76. The minimum Gasteiger partial charge on any atom is -0.406 e. The molecule has 0 spiro atoms. The molecule has 1 N–H and O–H groups in total. The first kappa shape index (κ1) is 22.0. The van der Waals surface area contributed by atoms with E-state index >= 15 is 0 Å². The quantitative estimate of drug-likeness (QED) is 0.762. The second-order valence-electron chi connectivity index (χ2n) is 6.94. The summed E-state index contributed by atoms with van der Waals surface area (Å²) in [5.41, 5.74) is 0.348. The van der Waals surface area contributed by atoms with E-state index in [-0.39, 0.29) is 36.7 Å². The Kier molecular flexibility index (Phi) is 7.68. The Labute approximate surface area is 162 Å². The van der Waals surface area contributed by atoms with Crippen molar-refractivity contribution in [3.63, 3.8) is 0 Å². The molecule has 1 atom stereocenters. The fourth-order valence-corrected chi connectivity index (χ4v) is 3.32. The number of ether oxygens (including phenoxy) is 1. The molecule has 2 rings (SSSR count). The predicted molar refractivity (Wildman–Crippen MR) is 98.9 cm³/mol. The van der Waals surface area contributed by atoms with Crippen molar-refractivity contribution >= 4 is 17.5 Å². The number of nitrogens with zero attached hydrogens (tertiary/aromatic N) is 2. The molecule has 1 aromatic rings. The lowest BCUT2D eigenvalue weighted by Crippen LogP contribution is -2.48. The third-order valence-corrected chi connectivity index (χ3v) is 4.61. The van der Waals surface area contributed by atoms with Crippen LogP contribution in [0.2, 0.25) is 0 Å². The number of carbonyl (C=O) groups is 2. The zero-order chi connectivity index (χ0) is 20.7. The summed E-state index contributed by atoms with van der Waals surface area (Å²) in [5.74, 6) is -0.707. The fourth-order valence-electron chi connectivity index (χ4n) is 3.32. The van der Waals surface area contributed by atoms with Crippen molar-refractivity contribution in [3.05, 3.63) is 24.3 Å². The summed E-state index contributed by atoms with van der Waals surface area (Å²) in [6, 6.07) is 5.16. The van der Waals surface area contributed by atoms with Gasteiger partial charge in [0, 0.05) is 18.3 Å². The number of piperidine rings is 1. The van der Waals surface area contributed by atoms with E-state index in [1.54, 1.807) is 11.9 Å². The van der Waals surface area contributed by atoms with E-state index in [1.165, 1.54) is 12.1 Å². The Morgan fingerprint density at radius 3 is 2.50 bits per heavy atom. The maximum absolute atomic E-state index is 12.5. The average molecular weight is 401 g/mol. The van der Waals surface area contributed by atoms with Crippen LogP contribution in [0, 0.1) is 0 Å². The first-order valence-corrected chi connectivity index (χ1v) is 9.31. The Bertz CT molecular complexity index is 665. The molecule has 156 valence electrons. The molecule has 9 heteroatoms. The van der Waals surface area contributed by atoms with Crippen LogP contribution in [-0.2, 0) is 9.59 Å². The van der Waals surface area contributed by atoms with Crippen LogP contribution in [0.25, 0.3) is 0 Å². The highest BCUT2D eigenvalue weighted by Crippen LogP contribution is 2.24. The lowest BCUT2D eigenvalue weighted by Gasteiger charge is -2.36. The summed E-state index contributed by atoms with van der Waals surface area (Å²) in [6.07, 6.45) is -0.691. The van der Waals surface area contributed by atoms with E-state index in [0.717, 1.165) is 44.4 Å². The minimum absolute atomic E-state index is 0.00280. The largest absolute Gasteiger partial charge is 0.573 e. The third-order valence-electron chi connectivity index (χ3n) is 4.61. The number of hydrogen-bond acceptors (Lipinski definition) is 4. The van der Waals surface area contributed by atoms with Crippen molar-refractivity contribution in [3.8, 4) is 5.75 Å². The van der Waals surface area contributed by atoms with Crippen molar-refractivity contribution in [2.75, 3.05) is 32.0 Å². The Morgan fingerprint density at radius 1 is 1.21 bits per heavy atom. The standard InChI is InChI=1S/C19H26F3N3O3/c1-3-15-6-4-5-11-25(15)18(27)13-24(2)12-17(26)23-14-7-9-16(10-8-14)28-19(20,21)22/h7-10,15H,3-6,11-13H2,1-2H3,(H,23,26)/t15-/m1/s1. The number of likely N-dealkylation sites (N-methyl/N-ethyl adjacent to an activating group) is 1. The van der Waals surface area contributed by atoms with Crippen molar-refractivity contribution < 1.29 is 27.5 Å². The molecule has 0 saturated carbocycles. The van der Waals surface area contributed by atoms with Gasteiger partial charge < -0.3 is 15.0 Å². The van der Waals surface area contributed by atoms with Crippen LogP contribution < -0.4 is 10.1 Å². The highest BCUT2D eigenvalue weighted by molar-refractivity contribution is 5.92. The van der Waals surface area contributed by atoms with Gasteiger partial charge in [0.1, 0.15) is 5.75 Å². The van der Waals surface area contributed by atoms with Crippen LogP contribution in [-0.4, -0.2) is 60.7 Å². The molecule has 1 saturated heterocycles. The summed E-state index contributed by atoms with van der Waals surface area (Å²) >= 11 is 0. The molecule has 0 aromatic heterocycles. The molecule has 0 unspecified atom stereocenters. The zero-order valence-corrected chi connectivity index (χ0v) is 16.1. The van der Waals surface area contributed by atoms with Crippen LogP contribution >= 0.6 is 0 Å². The molecule has 1 aliphatic heterocycles. The number of benzene rings is 1. The van der Waals surface area contributed by atoms with Crippen LogP contribution in [0.1, 0.15) is 32.6 Å². The van der Waals surface area contributed by atoms with E-state index in [1.807, 2.05) is 4.90 Å². The van der Waals surface area contributed by atoms with Crippen LogP contribution in [0.15, 0.2) is 24.3 Å². The monoisotopic (exact) mass is 401 g/mol. The van der Waals surface area contributed by atoms with E-state index < -0.39 is 6.36 Å². The zero-order valence-electron chi connectivity index (χ0n) is 16.1. The number of anilines is 1. The summed E-state index contributed by atoms with van der Waals surface area (Å²) < 4.78 is 40.2. The first-order chi connectivity index (χ1) is 13.2. The summed E-state index contributed by atoms with van der Waals surface area (Å²) in [6.45, 7) is 2.96. The number of halogens is 3. The molecule has 28 heavy (non-hydrogen) atoms. The van der Waals surface area contributed by atoms with Gasteiger partial charge in [-0.15, -0.1) is 13.2 Å². The van der Waals surface area contributed by atoms with Gasteiger partial charge in [-0.05, 0) is 57.0 Å². The van der Waals surface area contributed by atoms with E-state index in [2.05, 4.69) is 17.0 Å². The summed E-state index contributed by atoms with van der Waals surface area (Å²) in [4.78, 5) is 28.2. The molecule has 0 radical (unpaired) electrons. The van der Waals surface area contributed by atoms with Gasteiger partial charge in [-0.25, -0.2) is 0 Å². The van der Waals surface area contributed by atoms with Gasteiger partial charge in [-0.2, -0.15) is 0 Å². The molecule has 0 aliphatic carbocycles. The first-order valence-electron chi connectivity index (χ1n) is 9.31. The lowest BCUT2D eigenvalue weighted by molar-refractivity contribution is -0.274. The smallest absolute Gasteiger partial charge is 0.406 e. The van der Waals surface area contributed by atoms with Crippen molar-refractivity contribution in [2.24, 2.45) is 0 Å². The average Bonchev–Trinajstić information content (AvgIpc) is 2.61. The second-order valence-corrected chi connectivity index (χ2v) is 6.94. The van der Waals surface area contributed by atoms with Crippen LogP contribution in [0.5, 0.6) is 5.75 Å². The Balaban J connectivity index is 1.81. The third kappa shape index (κ3) is 7.03. The fraction of sp³-hybridized carbons (Fsp3) is 0.579. The molecular formula is C19H26F3N3O3. The van der Waals surface area contributed by atoms with Crippen molar-refractivity contribution in [1.82, 2.24) is 9.80 Å². The maximum Gasteiger partial charge on any atom is 0.573 e. The van der Waals surface area contributed by atoms with Gasteiger partial charge in [-0.3, -0.25) is 14.5 Å². The van der Waals surface area contributed by atoms with Crippen LogP contribution in [0.3, 0.4) is 0 Å². The molecule has 1 aromatic carbocycles. The van der Waals surface area contributed by atoms with Crippen molar-refractivity contribution in [1.29, 1.82) is 0 Å². The molecule has 1 heterocycles. The normalized spacial score (nSPS) is 17.5. The van der Waals surface area contributed by atoms with Gasteiger partial charge in [0.15, 0.2) is 0 Å². The van der Waals surface area contributed by atoms with E-state index in [9.17, 15) is 22.8 Å². The van der Waals surface area contributed by atoms with Gasteiger partial charge in [0.05, 0.1) is 13.1 Å². The maximum atomic E-state index is 12.5. The lowest BCUT2D eigenvalue weighted by atomic mass is 10.00. The van der Waals surface area contributed by atoms with Gasteiger partial charge in [-0.1, -0.05) is 6.92 Å². The van der Waals surface area contributed by atoms with Gasteiger partial charge >= 0.3 is 6.36 Å². The number of carbonyl (C=O) groups excluding carboxylic acids is 2. The Morgan fingerprint density at radius 2 is 1.89 bits per heavy atom. The molecule has 6 nitrogen and oxygen atoms in total. The number of hydrogen-bond donors (Lipinski definition) is 1. The molecule has 2 amide bonds. The van der Waals surface area contributed by atoms with Crippen molar-refractivity contribution in [2.45, 2.75) is 45.0 Å². The SMILES string of the molecule is CC[C@@H]1CCCCN1C(=O)CN(C)CC(=O)Nc1ccc(OC(F)(F)F)cc1. The number of alkyl halides is 3. The Hall–Kier alpha value is -2.29. The number of amides is 2. The van der Waals surface area contributed by atoms with E-state index in [4.69, 9.17) is 0 Å². The number of nitrogens with one attached hydrogen (secondary N) is 1. The number of rotatable bonds is 7. The highest BCUT2D eigenvalue weighted by atomic mass is 19.4. The molecular weight excluding hydrogens is 375 g/mol. The van der Waals surface area contributed by atoms with Crippen LogP contribution in [0.4, 0.5) is 18.9 Å². The highest BCUT2D eigenvalue weighted by Gasteiger charge is 2.31.